The Bertz CT molecular complexity index is 223. The van der Waals surface area contributed by atoms with E-state index in [9.17, 15) is 0 Å². The molecule has 80 valence electrons. The number of guanidine groups is 1. The van der Waals surface area contributed by atoms with Crippen LogP contribution in [0.1, 0.15) is 19.8 Å². The summed E-state index contributed by atoms with van der Waals surface area (Å²) in [6.07, 6.45) is 2.50. The Morgan fingerprint density at radius 1 is 1.50 bits per heavy atom. The van der Waals surface area contributed by atoms with Crippen molar-refractivity contribution in [1.82, 2.24) is 4.90 Å². The van der Waals surface area contributed by atoms with E-state index in [-0.39, 0.29) is 0 Å². The lowest BCUT2D eigenvalue weighted by molar-refractivity contribution is 0.455. The van der Waals surface area contributed by atoms with Gasteiger partial charge in [-0.25, -0.2) is 4.99 Å². The molecule has 2 atom stereocenters. The molecule has 0 unspecified atom stereocenters. The second-order valence-corrected chi connectivity index (χ2v) is 5.28. The lowest BCUT2D eigenvalue weighted by atomic mass is 10.3. The van der Waals surface area contributed by atoms with E-state index >= 15 is 0 Å². The number of rotatable bonds is 2. The predicted octanol–water partition coefficient (Wildman–Crippen LogP) is 1.15. The second kappa shape index (κ2) is 4.43. The third-order valence-electron chi connectivity index (χ3n) is 3.04. The molecule has 2 aliphatic rings. The molecule has 0 amide bonds. The zero-order valence-electron chi connectivity index (χ0n) is 8.78. The van der Waals surface area contributed by atoms with Gasteiger partial charge in [0.1, 0.15) is 0 Å². The maximum absolute atomic E-state index is 5.97. The summed E-state index contributed by atoms with van der Waals surface area (Å²) in [5, 5.41) is 0. The summed E-state index contributed by atoms with van der Waals surface area (Å²) >= 11 is 2.00. The molecule has 1 saturated carbocycles. The number of aliphatic imine (C=N–C) groups is 1. The molecule has 1 heterocycles. The first-order valence-corrected chi connectivity index (χ1v) is 6.62. The van der Waals surface area contributed by atoms with Gasteiger partial charge in [-0.1, -0.05) is 13.3 Å². The van der Waals surface area contributed by atoms with Gasteiger partial charge in [0.05, 0.1) is 6.04 Å². The van der Waals surface area contributed by atoms with Crippen LogP contribution in [0.15, 0.2) is 4.99 Å². The number of nitrogens with two attached hydrogens (primary N) is 1. The number of hydrogen-bond acceptors (Lipinski definition) is 2. The third kappa shape index (κ3) is 2.35. The zero-order valence-corrected chi connectivity index (χ0v) is 9.59. The summed E-state index contributed by atoms with van der Waals surface area (Å²) in [6, 6.07) is 0.537. The van der Waals surface area contributed by atoms with Crippen molar-refractivity contribution in [2.45, 2.75) is 25.8 Å². The topological polar surface area (TPSA) is 41.6 Å². The SMILES string of the molecule is CC[C@@H]1C[C@H]1N=C(N)N1CCSCC1. The number of hydrogen-bond donors (Lipinski definition) is 1. The van der Waals surface area contributed by atoms with Crippen LogP contribution in [0, 0.1) is 5.92 Å². The van der Waals surface area contributed by atoms with Crippen LogP contribution in [0.4, 0.5) is 0 Å². The number of thioether (sulfide) groups is 1. The van der Waals surface area contributed by atoms with Crippen LogP contribution < -0.4 is 5.73 Å². The number of nitrogens with zero attached hydrogens (tertiary/aromatic N) is 2. The average molecular weight is 213 g/mol. The summed E-state index contributed by atoms with van der Waals surface area (Å²) < 4.78 is 0. The first kappa shape index (κ1) is 10.1. The molecule has 0 bridgehead atoms. The molecular formula is C10H19N3S. The predicted molar refractivity (Wildman–Crippen MR) is 62.7 cm³/mol. The van der Waals surface area contributed by atoms with Crippen molar-refractivity contribution in [3.05, 3.63) is 0 Å². The van der Waals surface area contributed by atoms with Crippen LogP contribution in [0.5, 0.6) is 0 Å². The zero-order chi connectivity index (χ0) is 9.97. The third-order valence-corrected chi connectivity index (χ3v) is 3.99. The van der Waals surface area contributed by atoms with Crippen LogP contribution in [0.25, 0.3) is 0 Å². The molecule has 0 aromatic rings. The van der Waals surface area contributed by atoms with E-state index in [1.54, 1.807) is 0 Å². The van der Waals surface area contributed by atoms with Crippen LogP contribution in [0.3, 0.4) is 0 Å². The monoisotopic (exact) mass is 213 g/mol. The molecule has 0 spiro atoms. The summed E-state index contributed by atoms with van der Waals surface area (Å²) in [4.78, 5) is 6.80. The fourth-order valence-electron chi connectivity index (χ4n) is 1.87. The lowest BCUT2D eigenvalue weighted by Gasteiger charge is -2.27. The molecule has 0 aromatic heterocycles. The van der Waals surface area contributed by atoms with Crippen molar-refractivity contribution in [3.63, 3.8) is 0 Å². The van der Waals surface area contributed by atoms with Gasteiger partial charge in [-0.05, 0) is 12.3 Å². The standard InChI is InChI=1S/C10H19N3S/c1-2-8-7-9(8)12-10(11)13-3-5-14-6-4-13/h8-9H,2-7H2,1H3,(H2,11,12)/t8-,9-/m1/s1. The quantitative estimate of drug-likeness (QED) is 0.552. The van der Waals surface area contributed by atoms with Crippen LogP contribution >= 0.6 is 11.8 Å². The molecule has 0 radical (unpaired) electrons. The van der Waals surface area contributed by atoms with Crippen molar-refractivity contribution in [2.75, 3.05) is 24.6 Å². The fourth-order valence-corrected chi connectivity index (χ4v) is 2.78. The molecule has 14 heavy (non-hydrogen) atoms. The summed E-state index contributed by atoms with van der Waals surface area (Å²) in [7, 11) is 0. The average Bonchev–Trinajstić information content (AvgIpc) is 2.98. The maximum atomic E-state index is 5.97. The van der Waals surface area contributed by atoms with Gasteiger partial charge in [0.2, 0.25) is 0 Å². The highest BCUT2D eigenvalue weighted by Gasteiger charge is 2.35. The Balaban J connectivity index is 1.84. The van der Waals surface area contributed by atoms with Crippen molar-refractivity contribution in [1.29, 1.82) is 0 Å². The molecule has 2 N–H and O–H groups in total. The van der Waals surface area contributed by atoms with E-state index in [1.165, 1.54) is 24.3 Å². The molecule has 3 nitrogen and oxygen atoms in total. The first-order valence-electron chi connectivity index (χ1n) is 5.47. The highest BCUT2D eigenvalue weighted by molar-refractivity contribution is 7.99. The van der Waals surface area contributed by atoms with Gasteiger partial charge in [0.25, 0.3) is 0 Å². The Labute approximate surface area is 90.1 Å². The molecule has 1 aliphatic carbocycles. The Morgan fingerprint density at radius 3 is 2.79 bits per heavy atom. The minimum atomic E-state index is 0.537. The van der Waals surface area contributed by atoms with Crippen molar-refractivity contribution < 1.29 is 0 Å². The Kier molecular flexibility index (Phi) is 3.21. The van der Waals surface area contributed by atoms with Gasteiger partial charge in [-0.3, -0.25) is 0 Å². The van der Waals surface area contributed by atoms with E-state index in [0.717, 1.165) is 25.0 Å². The molecular weight excluding hydrogens is 194 g/mol. The minimum Gasteiger partial charge on any atom is -0.370 e. The van der Waals surface area contributed by atoms with Gasteiger partial charge in [0.15, 0.2) is 5.96 Å². The lowest BCUT2D eigenvalue weighted by Crippen LogP contribution is -2.42. The highest BCUT2D eigenvalue weighted by atomic mass is 32.2. The van der Waals surface area contributed by atoms with E-state index in [0.29, 0.717) is 6.04 Å². The second-order valence-electron chi connectivity index (χ2n) is 4.06. The molecule has 1 aliphatic heterocycles. The smallest absolute Gasteiger partial charge is 0.191 e. The van der Waals surface area contributed by atoms with Gasteiger partial charge >= 0.3 is 0 Å². The molecule has 4 heteroatoms. The Hall–Kier alpha value is -0.380. The minimum absolute atomic E-state index is 0.537. The van der Waals surface area contributed by atoms with E-state index in [1.807, 2.05) is 11.8 Å². The molecule has 2 fully saturated rings. The molecule has 0 aromatic carbocycles. The van der Waals surface area contributed by atoms with E-state index in [2.05, 4.69) is 16.8 Å². The summed E-state index contributed by atoms with van der Waals surface area (Å²) in [5.41, 5.74) is 5.97. The normalized spacial score (nSPS) is 33.2. The van der Waals surface area contributed by atoms with Gasteiger partial charge in [-0.15, -0.1) is 0 Å². The largest absolute Gasteiger partial charge is 0.370 e. The molecule has 2 rings (SSSR count). The van der Waals surface area contributed by atoms with Crippen LogP contribution in [0.2, 0.25) is 0 Å². The molecule has 1 saturated heterocycles. The Morgan fingerprint density at radius 2 is 2.21 bits per heavy atom. The van der Waals surface area contributed by atoms with Gasteiger partial charge in [0, 0.05) is 24.6 Å². The van der Waals surface area contributed by atoms with Gasteiger partial charge < -0.3 is 10.6 Å². The maximum Gasteiger partial charge on any atom is 0.191 e. The highest BCUT2D eigenvalue weighted by Crippen LogP contribution is 2.36. The van der Waals surface area contributed by atoms with Crippen molar-refractivity contribution in [3.8, 4) is 0 Å². The van der Waals surface area contributed by atoms with E-state index < -0.39 is 0 Å². The first-order chi connectivity index (χ1) is 6.81. The van der Waals surface area contributed by atoms with Gasteiger partial charge in [-0.2, -0.15) is 11.8 Å². The van der Waals surface area contributed by atoms with Crippen LogP contribution in [-0.4, -0.2) is 41.5 Å². The van der Waals surface area contributed by atoms with Crippen molar-refractivity contribution >= 4 is 17.7 Å². The van der Waals surface area contributed by atoms with Crippen LogP contribution in [-0.2, 0) is 0 Å². The fraction of sp³-hybridized carbons (Fsp3) is 0.900. The summed E-state index contributed by atoms with van der Waals surface area (Å²) in [6.45, 7) is 4.38. The summed E-state index contributed by atoms with van der Waals surface area (Å²) in [5.74, 6) is 3.98. The van der Waals surface area contributed by atoms with E-state index in [4.69, 9.17) is 5.73 Å². The van der Waals surface area contributed by atoms with Crippen molar-refractivity contribution in [2.24, 2.45) is 16.6 Å².